The van der Waals surface area contributed by atoms with Crippen LogP contribution in [0.1, 0.15) is 11.1 Å². The molecule has 0 atom stereocenters. The van der Waals surface area contributed by atoms with Gasteiger partial charge in [-0.1, -0.05) is 29.8 Å². The van der Waals surface area contributed by atoms with Crippen LogP contribution in [0, 0.1) is 22.9 Å². The summed E-state index contributed by atoms with van der Waals surface area (Å²) in [4.78, 5) is 10.3. The van der Waals surface area contributed by atoms with Gasteiger partial charge in [-0.3, -0.25) is 10.1 Å². The zero-order valence-corrected chi connectivity index (χ0v) is 11.4. The van der Waals surface area contributed by atoms with E-state index in [-0.39, 0.29) is 11.4 Å². The van der Waals surface area contributed by atoms with Gasteiger partial charge >= 0.3 is 0 Å². The molecule has 0 amide bonds. The monoisotopic (exact) mass is 294 g/mol. The van der Waals surface area contributed by atoms with Crippen LogP contribution < -0.4 is 5.32 Å². The highest BCUT2D eigenvalue weighted by Crippen LogP contribution is 2.28. The van der Waals surface area contributed by atoms with E-state index in [0.29, 0.717) is 17.1 Å². The Labute approximate surface area is 120 Å². The molecule has 6 heteroatoms. The van der Waals surface area contributed by atoms with Gasteiger partial charge < -0.3 is 5.32 Å². The van der Waals surface area contributed by atoms with E-state index in [1.54, 1.807) is 19.1 Å². The number of anilines is 1. The molecule has 0 radical (unpaired) electrons. The molecule has 2 aromatic carbocycles. The number of rotatable bonds is 4. The molecular formula is C14H12ClFN2O2. The van der Waals surface area contributed by atoms with Gasteiger partial charge in [-0.2, -0.15) is 0 Å². The summed E-state index contributed by atoms with van der Waals surface area (Å²) in [6.45, 7) is 1.88. The third kappa shape index (κ3) is 3.05. The van der Waals surface area contributed by atoms with Crippen molar-refractivity contribution in [3.63, 3.8) is 0 Å². The predicted molar refractivity (Wildman–Crippen MR) is 76.6 cm³/mol. The van der Waals surface area contributed by atoms with Gasteiger partial charge in [-0.15, -0.1) is 0 Å². The molecule has 2 aromatic rings. The van der Waals surface area contributed by atoms with Crippen molar-refractivity contribution >= 4 is 23.0 Å². The molecule has 0 spiro atoms. The van der Waals surface area contributed by atoms with E-state index in [4.69, 9.17) is 11.6 Å². The van der Waals surface area contributed by atoms with Crippen LogP contribution >= 0.6 is 11.6 Å². The van der Waals surface area contributed by atoms with E-state index in [1.165, 1.54) is 6.07 Å². The summed E-state index contributed by atoms with van der Waals surface area (Å²) in [6, 6.07) is 9.53. The molecule has 4 nitrogen and oxygen atoms in total. The second-order valence-electron chi connectivity index (χ2n) is 4.32. The van der Waals surface area contributed by atoms with Crippen molar-refractivity contribution in [3.05, 3.63) is 68.5 Å². The normalized spacial score (nSPS) is 10.3. The van der Waals surface area contributed by atoms with Gasteiger partial charge in [0.15, 0.2) is 0 Å². The number of halogens is 2. The topological polar surface area (TPSA) is 55.2 Å². The third-order valence-electron chi connectivity index (χ3n) is 2.90. The van der Waals surface area contributed by atoms with Gasteiger partial charge in [0.05, 0.1) is 11.0 Å². The first kappa shape index (κ1) is 14.3. The molecule has 0 aliphatic heterocycles. The number of benzene rings is 2. The van der Waals surface area contributed by atoms with Gasteiger partial charge in [0, 0.05) is 11.6 Å². The van der Waals surface area contributed by atoms with E-state index < -0.39 is 10.7 Å². The van der Waals surface area contributed by atoms with Gasteiger partial charge in [0.1, 0.15) is 11.5 Å². The molecule has 0 aromatic heterocycles. The molecule has 0 heterocycles. The fourth-order valence-electron chi connectivity index (χ4n) is 1.80. The molecular weight excluding hydrogens is 283 g/mol. The second kappa shape index (κ2) is 5.88. The molecule has 0 aliphatic rings. The average Bonchev–Trinajstić information content (AvgIpc) is 2.41. The molecule has 2 rings (SSSR count). The Morgan fingerprint density at radius 1 is 1.35 bits per heavy atom. The number of nitro groups is 1. The van der Waals surface area contributed by atoms with Gasteiger partial charge in [0.25, 0.3) is 5.69 Å². The van der Waals surface area contributed by atoms with Crippen LogP contribution in [0.2, 0.25) is 5.02 Å². The van der Waals surface area contributed by atoms with Crippen LogP contribution in [0.5, 0.6) is 0 Å². The minimum atomic E-state index is -0.614. The zero-order valence-electron chi connectivity index (χ0n) is 10.7. The van der Waals surface area contributed by atoms with Crippen molar-refractivity contribution in [3.8, 4) is 0 Å². The molecule has 0 fully saturated rings. The Balaban J connectivity index is 2.27. The fourth-order valence-corrected chi connectivity index (χ4v) is 2.00. The maximum atomic E-state index is 13.4. The molecule has 20 heavy (non-hydrogen) atoms. The standard InChI is InChI=1S/C14H12ClFN2O2/c1-9-6-13(14(18(19)20)7-12(9)16)17-8-10-4-2-3-5-11(10)15/h2-7,17H,8H2,1H3. The average molecular weight is 295 g/mol. The van der Waals surface area contributed by atoms with Crippen molar-refractivity contribution in [2.45, 2.75) is 13.5 Å². The molecule has 104 valence electrons. The fraction of sp³-hybridized carbons (Fsp3) is 0.143. The predicted octanol–water partition coefficient (Wildman–Crippen LogP) is 4.31. The summed E-state index contributed by atoms with van der Waals surface area (Å²) in [5.41, 5.74) is 1.14. The Bertz CT molecular complexity index is 662. The van der Waals surface area contributed by atoms with Crippen LogP contribution in [0.3, 0.4) is 0 Å². The van der Waals surface area contributed by atoms with E-state index in [1.807, 2.05) is 12.1 Å². The Hall–Kier alpha value is -2.14. The van der Waals surface area contributed by atoms with Crippen molar-refractivity contribution in [2.75, 3.05) is 5.32 Å². The van der Waals surface area contributed by atoms with Gasteiger partial charge in [0.2, 0.25) is 0 Å². The van der Waals surface area contributed by atoms with E-state index >= 15 is 0 Å². The number of hydrogen-bond acceptors (Lipinski definition) is 3. The molecule has 0 unspecified atom stereocenters. The van der Waals surface area contributed by atoms with E-state index in [0.717, 1.165) is 11.6 Å². The van der Waals surface area contributed by atoms with Crippen molar-refractivity contribution in [1.82, 2.24) is 0 Å². The molecule has 0 saturated heterocycles. The highest BCUT2D eigenvalue weighted by Gasteiger charge is 2.17. The number of nitro benzene ring substituents is 1. The highest BCUT2D eigenvalue weighted by atomic mass is 35.5. The van der Waals surface area contributed by atoms with Crippen LogP contribution in [-0.4, -0.2) is 4.92 Å². The summed E-state index contributed by atoms with van der Waals surface area (Å²) in [5, 5.41) is 14.4. The van der Waals surface area contributed by atoms with Gasteiger partial charge in [-0.25, -0.2) is 4.39 Å². The lowest BCUT2D eigenvalue weighted by Crippen LogP contribution is -2.04. The summed E-state index contributed by atoms with van der Waals surface area (Å²) in [5.74, 6) is -0.597. The summed E-state index contributed by atoms with van der Waals surface area (Å²) >= 11 is 6.02. The summed E-state index contributed by atoms with van der Waals surface area (Å²) < 4.78 is 13.4. The highest BCUT2D eigenvalue weighted by molar-refractivity contribution is 6.31. The maximum Gasteiger partial charge on any atom is 0.295 e. The smallest absolute Gasteiger partial charge is 0.295 e. The largest absolute Gasteiger partial charge is 0.375 e. The van der Waals surface area contributed by atoms with Crippen molar-refractivity contribution in [2.24, 2.45) is 0 Å². The van der Waals surface area contributed by atoms with Crippen LogP contribution in [0.25, 0.3) is 0 Å². The minimum Gasteiger partial charge on any atom is -0.375 e. The Kier molecular flexibility index (Phi) is 4.20. The lowest BCUT2D eigenvalue weighted by atomic mass is 10.1. The number of aryl methyl sites for hydroxylation is 1. The Morgan fingerprint density at radius 3 is 2.70 bits per heavy atom. The summed E-state index contributed by atoms with van der Waals surface area (Å²) in [6.07, 6.45) is 0. The minimum absolute atomic E-state index is 0.272. The quantitative estimate of drug-likeness (QED) is 0.675. The van der Waals surface area contributed by atoms with Crippen LogP contribution in [0.4, 0.5) is 15.8 Å². The lowest BCUT2D eigenvalue weighted by molar-refractivity contribution is -0.384. The Morgan fingerprint density at radius 2 is 2.05 bits per heavy atom. The van der Waals surface area contributed by atoms with Crippen molar-refractivity contribution in [1.29, 1.82) is 0 Å². The SMILES string of the molecule is Cc1cc(NCc2ccccc2Cl)c([N+](=O)[O-])cc1F. The zero-order chi connectivity index (χ0) is 14.7. The number of nitrogens with zero attached hydrogens (tertiary/aromatic N) is 1. The van der Waals surface area contributed by atoms with Crippen molar-refractivity contribution < 1.29 is 9.31 Å². The first-order valence-corrected chi connectivity index (χ1v) is 6.28. The number of hydrogen-bond donors (Lipinski definition) is 1. The summed E-state index contributed by atoms with van der Waals surface area (Å²) in [7, 11) is 0. The number of nitrogens with one attached hydrogen (secondary N) is 1. The second-order valence-corrected chi connectivity index (χ2v) is 4.73. The first-order valence-electron chi connectivity index (χ1n) is 5.91. The molecule has 0 saturated carbocycles. The molecule has 0 bridgehead atoms. The van der Waals surface area contributed by atoms with Gasteiger partial charge in [-0.05, 0) is 30.2 Å². The lowest BCUT2D eigenvalue weighted by Gasteiger charge is -2.09. The first-order chi connectivity index (χ1) is 9.49. The van der Waals surface area contributed by atoms with Crippen LogP contribution in [0.15, 0.2) is 36.4 Å². The molecule has 0 aliphatic carbocycles. The van der Waals surface area contributed by atoms with Crippen LogP contribution in [-0.2, 0) is 6.54 Å². The molecule has 1 N–H and O–H groups in total. The maximum absolute atomic E-state index is 13.4. The van der Waals surface area contributed by atoms with E-state index in [2.05, 4.69) is 5.32 Å². The third-order valence-corrected chi connectivity index (χ3v) is 3.27. The van der Waals surface area contributed by atoms with E-state index in [9.17, 15) is 14.5 Å².